The van der Waals surface area contributed by atoms with Gasteiger partial charge in [-0.2, -0.15) is 0 Å². The molecule has 0 spiro atoms. The molecule has 0 aliphatic carbocycles. The second-order valence-corrected chi connectivity index (χ2v) is 7.24. The van der Waals surface area contributed by atoms with Crippen LogP contribution in [0.3, 0.4) is 0 Å². The van der Waals surface area contributed by atoms with Crippen LogP contribution in [0.5, 0.6) is 11.5 Å². The van der Waals surface area contributed by atoms with Gasteiger partial charge < -0.3 is 14.4 Å². The summed E-state index contributed by atoms with van der Waals surface area (Å²) >= 11 is 0. The predicted molar refractivity (Wildman–Crippen MR) is 110 cm³/mol. The first kappa shape index (κ1) is 20.6. The van der Waals surface area contributed by atoms with Crippen LogP contribution in [0.25, 0.3) is 0 Å². The first-order chi connectivity index (χ1) is 14.0. The monoisotopic (exact) mass is 398 g/mol. The summed E-state index contributed by atoms with van der Waals surface area (Å²) in [5, 5.41) is 11.5. The molecule has 0 atom stereocenters. The van der Waals surface area contributed by atoms with Crippen molar-refractivity contribution < 1.29 is 19.2 Å². The maximum Gasteiger partial charge on any atom is 0.286 e. The van der Waals surface area contributed by atoms with E-state index >= 15 is 0 Å². The van der Waals surface area contributed by atoms with Crippen molar-refractivity contribution in [3.8, 4) is 11.5 Å². The van der Waals surface area contributed by atoms with E-state index in [0.29, 0.717) is 24.8 Å². The summed E-state index contributed by atoms with van der Waals surface area (Å²) in [4.78, 5) is 25.6. The average molecular weight is 398 g/mol. The third-order valence-electron chi connectivity index (χ3n) is 5.51. The Morgan fingerprint density at radius 2 is 1.72 bits per heavy atom. The van der Waals surface area contributed by atoms with E-state index < -0.39 is 4.92 Å². The molecule has 7 nitrogen and oxygen atoms in total. The quantitative estimate of drug-likeness (QED) is 0.518. The van der Waals surface area contributed by atoms with E-state index in [1.807, 2.05) is 18.2 Å². The van der Waals surface area contributed by atoms with Gasteiger partial charge in [0.1, 0.15) is 5.56 Å². The van der Waals surface area contributed by atoms with Crippen molar-refractivity contribution in [3.63, 3.8) is 0 Å². The van der Waals surface area contributed by atoms with Crippen molar-refractivity contribution in [2.24, 2.45) is 5.92 Å². The van der Waals surface area contributed by atoms with Crippen molar-refractivity contribution in [2.75, 3.05) is 27.3 Å². The van der Waals surface area contributed by atoms with Crippen molar-refractivity contribution in [1.29, 1.82) is 0 Å². The van der Waals surface area contributed by atoms with E-state index in [-0.39, 0.29) is 22.9 Å². The molecule has 29 heavy (non-hydrogen) atoms. The Bertz CT molecular complexity index is 861. The van der Waals surface area contributed by atoms with E-state index in [1.54, 1.807) is 4.90 Å². The molecule has 1 aliphatic heterocycles. The molecule has 0 saturated carbocycles. The second kappa shape index (κ2) is 9.41. The molecule has 0 bridgehead atoms. The summed E-state index contributed by atoms with van der Waals surface area (Å²) in [6.07, 6.45) is 3.92. The zero-order chi connectivity index (χ0) is 20.8. The summed E-state index contributed by atoms with van der Waals surface area (Å²) in [6, 6.07) is 13.0. The molecule has 1 aliphatic rings. The van der Waals surface area contributed by atoms with Gasteiger partial charge in [0.2, 0.25) is 0 Å². The third-order valence-corrected chi connectivity index (χ3v) is 5.51. The predicted octanol–water partition coefficient (Wildman–Crippen LogP) is 4.10. The van der Waals surface area contributed by atoms with Gasteiger partial charge in [-0.05, 0) is 37.2 Å². The second-order valence-electron chi connectivity index (χ2n) is 7.24. The lowest BCUT2D eigenvalue weighted by Gasteiger charge is -2.32. The Hall–Kier alpha value is -3.09. The van der Waals surface area contributed by atoms with Crippen molar-refractivity contribution in [1.82, 2.24) is 4.90 Å². The number of carbonyl (C=O) groups is 1. The topological polar surface area (TPSA) is 81.9 Å². The van der Waals surface area contributed by atoms with Crippen LogP contribution in [0.4, 0.5) is 5.69 Å². The molecule has 1 amide bonds. The van der Waals surface area contributed by atoms with Crippen LogP contribution < -0.4 is 9.47 Å². The zero-order valence-electron chi connectivity index (χ0n) is 16.8. The number of hydrogen-bond acceptors (Lipinski definition) is 5. The number of nitro benzene ring substituents is 1. The molecular formula is C22H26N2O5. The van der Waals surface area contributed by atoms with E-state index in [9.17, 15) is 14.9 Å². The fourth-order valence-electron chi connectivity index (χ4n) is 3.80. The molecular weight excluding hydrogens is 372 g/mol. The number of benzene rings is 2. The maximum absolute atomic E-state index is 13.0. The highest BCUT2D eigenvalue weighted by Gasteiger charge is 2.30. The number of nitrogens with zero attached hydrogens (tertiary/aromatic N) is 2. The fourth-order valence-corrected chi connectivity index (χ4v) is 3.80. The standard InChI is InChI=1S/C22H26N2O5/c1-28-20-14-18(19(24(26)27)15-21(20)29-2)22(25)23-12-10-17(11-13-23)9-8-16-6-4-3-5-7-16/h3-7,14-15,17H,8-13H2,1-2H3. The number of piperidine rings is 1. The zero-order valence-corrected chi connectivity index (χ0v) is 16.8. The van der Waals surface area contributed by atoms with Gasteiger partial charge >= 0.3 is 0 Å². The number of aryl methyl sites for hydroxylation is 1. The van der Waals surface area contributed by atoms with Gasteiger partial charge in [0, 0.05) is 19.2 Å². The molecule has 1 fully saturated rings. The first-order valence-corrected chi connectivity index (χ1v) is 9.77. The third kappa shape index (κ3) is 4.85. The Kier molecular flexibility index (Phi) is 6.69. The lowest BCUT2D eigenvalue weighted by atomic mass is 9.90. The Balaban J connectivity index is 1.66. The van der Waals surface area contributed by atoms with Gasteiger partial charge in [0.15, 0.2) is 11.5 Å². The van der Waals surface area contributed by atoms with Crippen LogP contribution in [0.1, 0.15) is 35.2 Å². The number of likely N-dealkylation sites (tertiary alicyclic amines) is 1. The maximum atomic E-state index is 13.0. The lowest BCUT2D eigenvalue weighted by molar-refractivity contribution is -0.385. The van der Waals surface area contributed by atoms with Crippen LogP contribution in [0.15, 0.2) is 42.5 Å². The summed E-state index contributed by atoms with van der Waals surface area (Å²) in [5.41, 5.74) is 1.10. The number of nitro groups is 1. The fraction of sp³-hybridized carbons (Fsp3) is 0.409. The SMILES string of the molecule is COc1cc(C(=O)N2CCC(CCc3ccccc3)CC2)c([N+](=O)[O-])cc1OC. The van der Waals surface area contributed by atoms with Gasteiger partial charge in [-0.25, -0.2) is 0 Å². The summed E-state index contributed by atoms with van der Waals surface area (Å²) in [6.45, 7) is 1.20. The van der Waals surface area contributed by atoms with E-state index in [1.165, 1.54) is 31.9 Å². The largest absolute Gasteiger partial charge is 0.493 e. The van der Waals surface area contributed by atoms with Gasteiger partial charge in [0.05, 0.1) is 25.2 Å². The van der Waals surface area contributed by atoms with Gasteiger partial charge in [0.25, 0.3) is 11.6 Å². The molecule has 1 heterocycles. The molecule has 0 unspecified atom stereocenters. The molecule has 0 aromatic heterocycles. The van der Waals surface area contributed by atoms with Crippen LogP contribution in [-0.2, 0) is 6.42 Å². The van der Waals surface area contributed by atoms with Crippen molar-refractivity contribution in [3.05, 3.63) is 63.7 Å². The minimum atomic E-state index is -0.554. The van der Waals surface area contributed by atoms with E-state index in [2.05, 4.69) is 12.1 Å². The molecule has 2 aromatic carbocycles. The number of amides is 1. The van der Waals surface area contributed by atoms with E-state index in [0.717, 1.165) is 25.7 Å². The van der Waals surface area contributed by atoms with Gasteiger partial charge in [-0.3, -0.25) is 14.9 Å². The lowest BCUT2D eigenvalue weighted by Crippen LogP contribution is -2.38. The Morgan fingerprint density at radius 3 is 2.31 bits per heavy atom. The smallest absolute Gasteiger partial charge is 0.286 e. The summed E-state index contributed by atoms with van der Waals surface area (Å²) in [7, 11) is 2.85. The molecule has 0 radical (unpaired) electrons. The van der Waals surface area contributed by atoms with Gasteiger partial charge in [-0.15, -0.1) is 0 Å². The molecule has 2 aromatic rings. The number of ether oxygens (including phenoxy) is 2. The molecule has 7 heteroatoms. The van der Waals surface area contributed by atoms with Crippen molar-refractivity contribution >= 4 is 11.6 Å². The molecule has 0 N–H and O–H groups in total. The van der Waals surface area contributed by atoms with Gasteiger partial charge in [-0.1, -0.05) is 30.3 Å². The Morgan fingerprint density at radius 1 is 1.10 bits per heavy atom. The van der Waals surface area contributed by atoms with Crippen LogP contribution in [-0.4, -0.2) is 43.0 Å². The number of hydrogen-bond donors (Lipinski definition) is 0. The normalized spacial score (nSPS) is 14.5. The molecule has 1 saturated heterocycles. The highest BCUT2D eigenvalue weighted by atomic mass is 16.6. The average Bonchev–Trinajstić information content (AvgIpc) is 2.77. The minimum absolute atomic E-state index is 0.0374. The molecule has 3 rings (SSSR count). The molecule has 154 valence electrons. The summed E-state index contributed by atoms with van der Waals surface area (Å²) in [5.74, 6) is 0.758. The van der Waals surface area contributed by atoms with Crippen LogP contribution in [0.2, 0.25) is 0 Å². The van der Waals surface area contributed by atoms with Crippen LogP contribution in [0, 0.1) is 16.0 Å². The highest BCUT2D eigenvalue weighted by molar-refractivity contribution is 5.99. The highest BCUT2D eigenvalue weighted by Crippen LogP contribution is 2.35. The number of methoxy groups -OCH3 is 2. The van der Waals surface area contributed by atoms with E-state index in [4.69, 9.17) is 9.47 Å². The van der Waals surface area contributed by atoms with Crippen LogP contribution >= 0.6 is 0 Å². The number of rotatable bonds is 7. The first-order valence-electron chi connectivity index (χ1n) is 9.77. The summed E-state index contributed by atoms with van der Waals surface area (Å²) < 4.78 is 10.4. The number of carbonyl (C=O) groups excluding carboxylic acids is 1. The minimum Gasteiger partial charge on any atom is -0.493 e. The Labute approximate surface area is 170 Å². The van der Waals surface area contributed by atoms with Crippen molar-refractivity contribution in [2.45, 2.75) is 25.7 Å².